The predicted molar refractivity (Wildman–Crippen MR) is 25.8 cm³/mol. The molecule has 0 saturated heterocycles. The largest absolute Gasteiger partial charge is 0.581 e. The highest BCUT2D eigenvalue weighted by Gasteiger charge is 1.93. The minimum atomic E-state index is 0.579. The number of rotatable bonds is 0. The summed E-state index contributed by atoms with van der Waals surface area (Å²) < 4.78 is 0.579. The Labute approximate surface area is 44.9 Å². The Kier molecular flexibility index (Phi) is 0.941. The van der Waals surface area contributed by atoms with E-state index in [0.29, 0.717) is 4.23 Å². The SMILES string of the molecule is Cc1cn[n+]([O-])s1. The van der Waals surface area contributed by atoms with Gasteiger partial charge in [0.15, 0.2) is 11.5 Å². The maximum atomic E-state index is 10.1. The average Bonchev–Trinajstić information content (AvgIpc) is 1.87. The van der Waals surface area contributed by atoms with E-state index in [1.165, 1.54) is 6.20 Å². The molecule has 0 fully saturated rings. The van der Waals surface area contributed by atoms with E-state index >= 15 is 0 Å². The summed E-state index contributed by atoms with van der Waals surface area (Å²) >= 11 is 1.09. The summed E-state index contributed by atoms with van der Waals surface area (Å²) in [6.07, 6.45) is 1.54. The lowest BCUT2D eigenvalue weighted by Crippen LogP contribution is -2.22. The molecule has 1 rings (SSSR count). The van der Waals surface area contributed by atoms with Gasteiger partial charge in [0.1, 0.15) is 6.20 Å². The fraction of sp³-hybridized carbons (Fsp3) is 0.333. The van der Waals surface area contributed by atoms with Crippen LogP contribution >= 0.6 is 11.5 Å². The molecule has 3 nitrogen and oxygen atoms in total. The molecular weight excluding hydrogens is 112 g/mol. The third-order valence-electron chi connectivity index (χ3n) is 0.556. The zero-order chi connectivity index (χ0) is 5.28. The maximum Gasteiger partial charge on any atom is 0.180 e. The third-order valence-corrected chi connectivity index (χ3v) is 1.20. The van der Waals surface area contributed by atoms with Crippen molar-refractivity contribution in [2.75, 3.05) is 0 Å². The molecule has 0 aliphatic heterocycles. The van der Waals surface area contributed by atoms with Gasteiger partial charge in [0.25, 0.3) is 0 Å². The van der Waals surface area contributed by atoms with Gasteiger partial charge in [0, 0.05) is 9.33 Å². The second kappa shape index (κ2) is 1.46. The molecule has 0 saturated carbocycles. The van der Waals surface area contributed by atoms with Crippen molar-refractivity contribution in [3.8, 4) is 0 Å². The van der Waals surface area contributed by atoms with Crippen LogP contribution in [0.2, 0.25) is 0 Å². The molecule has 0 unspecified atom stereocenters. The van der Waals surface area contributed by atoms with Crippen LogP contribution in [0, 0.1) is 12.1 Å². The molecule has 1 heterocycles. The van der Waals surface area contributed by atoms with Gasteiger partial charge in [-0.1, -0.05) is 0 Å². The lowest BCUT2D eigenvalue weighted by Gasteiger charge is -1.73. The molecular formula is C3H4N2OS. The van der Waals surface area contributed by atoms with Crippen LogP contribution in [-0.2, 0) is 0 Å². The molecule has 0 bridgehead atoms. The highest BCUT2D eigenvalue weighted by atomic mass is 32.1. The highest BCUT2D eigenvalue weighted by molar-refractivity contribution is 7.01. The van der Waals surface area contributed by atoms with Crippen LogP contribution in [0.3, 0.4) is 0 Å². The Balaban J connectivity index is 3.04. The summed E-state index contributed by atoms with van der Waals surface area (Å²) in [5.41, 5.74) is 0. The first-order valence-corrected chi connectivity index (χ1v) is 2.59. The molecule has 4 heteroatoms. The molecule has 0 aromatic carbocycles. The lowest BCUT2D eigenvalue weighted by molar-refractivity contribution is -0.597. The summed E-state index contributed by atoms with van der Waals surface area (Å²) in [5, 5.41) is 13.5. The maximum absolute atomic E-state index is 10.1. The van der Waals surface area contributed by atoms with Gasteiger partial charge in [0.05, 0.1) is 4.88 Å². The van der Waals surface area contributed by atoms with Gasteiger partial charge in [0.2, 0.25) is 0 Å². The Morgan fingerprint density at radius 1 is 2.00 bits per heavy atom. The zero-order valence-corrected chi connectivity index (χ0v) is 4.60. The van der Waals surface area contributed by atoms with Crippen molar-refractivity contribution in [3.05, 3.63) is 16.3 Å². The fourth-order valence-electron chi connectivity index (χ4n) is 0.299. The molecule has 0 spiro atoms. The van der Waals surface area contributed by atoms with Crippen molar-refractivity contribution >= 4 is 11.5 Å². The van der Waals surface area contributed by atoms with Crippen LogP contribution in [-0.4, -0.2) is 5.10 Å². The van der Waals surface area contributed by atoms with E-state index in [1.807, 2.05) is 6.92 Å². The third kappa shape index (κ3) is 0.866. The van der Waals surface area contributed by atoms with Crippen LogP contribution < -0.4 is 4.23 Å². The molecule has 0 N–H and O–H groups in total. The minimum absolute atomic E-state index is 0.579. The highest BCUT2D eigenvalue weighted by Crippen LogP contribution is 1.93. The summed E-state index contributed by atoms with van der Waals surface area (Å²) in [6, 6.07) is 0. The fourth-order valence-corrected chi connectivity index (χ4v) is 0.734. The Morgan fingerprint density at radius 2 is 2.71 bits per heavy atom. The topological polar surface area (TPSA) is 39.8 Å². The van der Waals surface area contributed by atoms with Crippen molar-refractivity contribution in [2.45, 2.75) is 6.92 Å². The summed E-state index contributed by atoms with van der Waals surface area (Å²) in [4.78, 5) is 0.940. The molecule has 0 aliphatic rings. The molecule has 0 aliphatic carbocycles. The van der Waals surface area contributed by atoms with Gasteiger partial charge in [-0.25, -0.2) is 0 Å². The van der Waals surface area contributed by atoms with Crippen molar-refractivity contribution < 1.29 is 4.23 Å². The van der Waals surface area contributed by atoms with Gasteiger partial charge in [-0.05, 0) is 6.92 Å². The van der Waals surface area contributed by atoms with Crippen molar-refractivity contribution in [3.63, 3.8) is 0 Å². The van der Waals surface area contributed by atoms with Crippen LogP contribution in [0.25, 0.3) is 0 Å². The Bertz CT molecular complexity index is 145. The number of aromatic nitrogens is 2. The summed E-state index contributed by atoms with van der Waals surface area (Å²) in [7, 11) is 0. The van der Waals surface area contributed by atoms with E-state index in [0.717, 1.165) is 16.4 Å². The molecule has 0 amide bonds. The average molecular weight is 116 g/mol. The van der Waals surface area contributed by atoms with E-state index in [-0.39, 0.29) is 0 Å². The molecule has 0 radical (unpaired) electrons. The van der Waals surface area contributed by atoms with Crippen molar-refractivity contribution in [1.82, 2.24) is 5.10 Å². The van der Waals surface area contributed by atoms with Gasteiger partial charge >= 0.3 is 0 Å². The lowest BCUT2D eigenvalue weighted by atomic mass is 10.7. The number of hydrogen-bond acceptors (Lipinski definition) is 3. The van der Waals surface area contributed by atoms with E-state index in [2.05, 4.69) is 5.10 Å². The molecule has 1 aromatic heterocycles. The summed E-state index contributed by atoms with van der Waals surface area (Å²) in [5.74, 6) is 0. The number of nitrogens with zero attached hydrogens (tertiary/aromatic N) is 2. The number of hydrogen-bond donors (Lipinski definition) is 0. The molecule has 1 aromatic rings. The van der Waals surface area contributed by atoms with E-state index < -0.39 is 0 Å². The van der Waals surface area contributed by atoms with Crippen LogP contribution in [0.5, 0.6) is 0 Å². The van der Waals surface area contributed by atoms with Crippen LogP contribution in [0.4, 0.5) is 0 Å². The number of aryl methyl sites for hydroxylation is 1. The Hall–Kier alpha value is -0.640. The van der Waals surface area contributed by atoms with Crippen molar-refractivity contribution in [1.29, 1.82) is 0 Å². The van der Waals surface area contributed by atoms with E-state index in [4.69, 9.17) is 0 Å². The van der Waals surface area contributed by atoms with Crippen molar-refractivity contribution in [2.24, 2.45) is 0 Å². The first-order valence-electron chi connectivity index (χ1n) is 1.82. The predicted octanol–water partition coefficient (Wildman–Crippen LogP) is 0.0849. The minimum Gasteiger partial charge on any atom is -0.581 e. The van der Waals surface area contributed by atoms with Gasteiger partial charge < -0.3 is 5.21 Å². The normalized spacial score (nSPS) is 9.29. The monoisotopic (exact) mass is 116 g/mol. The van der Waals surface area contributed by atoms with E-state index in [1.54, 1.807) is 0 Å². The summed E-state index contributed by atoms with van der Waals surface area (Å²) in [6.45, 7) is 1.84. The first kappa shape index (κ1) is 4.52. The van der Waals surface area contributed by atoms with E-state index in [9.17, 15) is 5.21 Å². The molecule has 38 valence electrons. The second-order valence-electron chi connectivity index (χ2n) is 1.18. The quantitative estimate of drug-likeness (QED) is 0.356. The smallest absolute Gasteiger partial charge is 0.180 e. The van der Waals surface area contributed by atoms with Gasteiger partial charge in [-0.15, -0.1) is 0 Å². The standard InChI is InChI=1S/C3H4N2OS/c1-3-2-4-5(6)7-3/h2H,1H3. The van der Waals surface area contributed by atoms with Crippen LogP contribution in [0.1, 0.15) is 4.88 Å². The zero-order valence-electron chi connectivity index (χ0n) is 3.79. The molecule has 7 heavy (non-hydrogen) atoms. The second-order valence-corrected chi connectivity index (χ2v) is 2.32. The van der Waals surface area contributed by atoms with Gasteiger partial charge in [-0.3, -0.25) is 0 Å². The van der Waals surface area contributed by atoms with Gasteiger partial charge in [-0.2, -0.15) is 0 Å². The Morgan fingerprint density at radius 3 is 2.86 bits per heavy atom. The first-order chi connectivity index (χ1) is 3.29. The van der Waals surface area contributed by atoms with Crippen LogP contribution in [0.15, 0.2) is 6.20 Å². The molecule has 0 atom stereocenters.